The van der Waals surface area contributed by atoms with E-state index in [4.69, 9.17) is 9.47 Å². The van der Waals surface area contributed by atoms with Gasteiger partial charge in [0.15, 0.2) is 0 Å². The Morgan fingerprint density at radius 1 is 1.22 bits per heavy atom. The van der Waals surface area contributed by atoms with Gasteiger partial charge in [0.05, 0.1) is 19.8 Å². The number of nitrogens with one attached hydrogen (secondary N) is 1. The van der Waals surface area contributed by atoms with Gasteiger partial charge in [0, 0.05) is 7.11 Å². The second kappa shape index (κ2) is 7.52. The largest absolute Gasteiger partial charge is 0.382 e. The molecule has 100 valence electrons. The lowest BCUT2D eigenvalue weighted by Gasteiger charge is -2.23. The van der Waals surface area contributed by atoms with E-state index in [2.05, 4.69) is 29.6 Å². The molecule has 2 rings (SSSR count). The number of benzene rings is 1. The molecule has 1 saturated heterocycles. The zero-order valence-corrected chi connectivity index (χ0v) is 11.2. The summed E-state index contributed by atoms with van der Waals surface area (Å²) in [6.07, 6.45) is 2.49. The summed E-state index contributed by atoms with van der Waals surface area (Å²) in [4.78, 5) is 0. The highest BCUT2D eigenvalue weighted by Gasteiger charge is 2.14. The molecule has 1 N–H and O–H groups in total. The Hall–Kier alpha value is -0.900. The Labute approximate surface area is 109 Å². The molecule has 1 aliphatic rings. The Bertz CT molecular complexity index is 348. The molecule has 0 radical (unpaired) electrons. The summed E-state index contributed by atoms with van der Waals surface area (Å²) < 4.78 is 10.5. The molecular weight excluding hydrogens is 226 g/mol. The standard InChI is InChI=1S/C15H23NO2/c1-17-9-10-18-12-13-3-2-4-15(11-13)14-5-7-16-8-6-14/h2-4,11,14,16H,5-10,12H2,1H3. The molecular formula is C15H23NO2. The predicted octanol–water partition coefficient (Wildman–Crippen LogP) is 2.32. The highest BCUT2D eigenvalue weighted by molar-refractivity contribution is 5.26. The van der Waals surface area contributed by atoms with Crippen LogP contribution in [0.1, 0.15) is 29.9 Å². The molecule has 0 saturated carbocycles. The van der Waals surface area contributed by atoms with Crippen molar-refractivity contribution >= 4 is 0 Å². The number of hydrogen-bond acceptors (Lipinski definition) is 3. The van der Waals surface area contributed by atoms with Crippen LogP contribution in [0.15, 0.2) is 24.3 Å². The lowest BCUT2D eigenvalue weighted by atomic mass is 9.89. The maximum Gasteiger partial charge on any atom is 0.0718 e. The molecule has 3 heteroatoms. The molecule has 1 fully saturated rings. The van der Waals surface area contributed by atoms with Crippen molar-refractivity contribution in [2.45, 2.75) is 25.4 Å². The second-order valence-electron chi connectivity index (χ2n) is 4.81. The van der Waals surface area contributed by atoms with Crippen molar-refractivity contribution in [3.63, 3.8) is 0 Å². The van der Waals surface area contributed by atoms with Crippen molar-refractivity contribution in [1.29, 1.82) is 0 Å². The van der Waals surface area contributed by atoms with Gasteiger partial charge in [0.1, 0.15) is 0 Å². The van der Waals surface area contributed by atoms with E-state index in [1.165, 1.54) is 24.0 Å². The van der Waals surface area contributed by atoms with E-state index in [1.54, 1.807) is 7.11 Å². The van der Waals surface area contributed by atoms with Gasteiger partial charge in [-0.2, -0.15) is 0 Å². The molecule has 0 spiro atoms. The van der Waals surface area contributed by atoms with Crippen LogP contribution in [0.25, 0.3) is 0 Å². The molecule has 1 aromatic carbocycles. The lowest BCUT2D eigenvalue weighted by Crippen LogP contribution is -2.26. The van der Waals surface area contributed by atoms with E-state index in [0.29, 0.717) is 25.7 Å². The van der Waals surface area contributed by atoms with Gasteiger partial charge in [-0.3, -0.25) is 0 Å². The fourth-order valence-corrected chi connectivity index (χ4v) is 2.42. The van der Waals surface area contributed by atoms with Gasteiger partial charge in [-0.15, -0.1) is 0 Å². The van der Waals surface area contributed by atoms with Gasteiger partial charge < -0.3 is 14.8 Å². The van der Waals surface area contributed by atoms with Gasteiger partial charge in [0.2, 0.25) is 0 Å². The zero-order chi connectivity index (χ0) is 12.6. The van der Waals surface area contributed by atoms with Crippen LogP contribution < -0.4 is 5.32 Å². The molecule has 0 unspecified atom stereocenters. The van der Waals surface area contributed by atoms with E-state index >= 15 is 0 Å². The normalized spacial score (nSPS) is 16.9. The van der Waals surface area contributed by atoms with Crippen LogP contribution in [-0.4, -0.2) is 33.4 Å². The number of rotatable bonds is 6. The first-order valence-electron chi connectivity index (χ1n) is 6.76. The van der Waals surface area contributed by atoms with Crippen molar-refractivity contribution in [2.75, 3.05) is 33.4 Å². The molecule has 0 amide bonds. The van der Waals surface area contributed by atoms with Crippen molar-refractivity contribution < 1.29 is 9.47 Å². The zero-order valence-electron chi connectivity index (χ0n) is 11.2. The third kappa shape index (κ3) is 4.09. The second-order valence-corrected chi connectivity index (χ2v) is 4.81. The fourth-order valence-electron chi connectivity index (χ4n) is 2.42. The molecule has 0 aliphatic carbocycles. The van der Waals surface area contributed by atoms with Crippen LogP contribution in [0.4, 0.5) is 0 Å². The first-order chi connectivity index (χ1) is 8.90. The number of piperidine rings is 1. The molecule has 0 atom stereocenters. The third-order valence-electron chi connectivity index (χ3n) is 3.46. The average molecular weight is 249 g/mol. The van der Waals surface area contributed by atoms with Crippen LogP contribution >= 0.6 is 0 Å². The summed E-state index contributed by atoms with van der Waals surface area (Å²) in [5.74, 6) is 0.713. The summed E-state index contributed by atoms with van der Waals surface area (Å²) in [5, 5.41) is 3.41. The Balaban J connectivity index is 1.88. The van der Waals surface area contributed by atoms with E-state index in [9.17, 15) is 0 Å². The van der Waals surface area contributed by atoms with E-state index in [0.717, 1.165) is 13.1 Å². The van der Waals surface area contributed by atoms with Crippen LogP contribution in [0.5, 0.6) is 0 Å². The highest BCUT2D eigenvalue weighted by Crippen LogP contribution is 2.25. The van der Waals surface area contributed by atoms with E-state index in [-0.39, 0.29) is 0 Å². The Morgan fingerprint density at radius 2 is 2.06 bits per heavy atom. The van der Waals surface area contributed by atoms with Gasteiger partial charge in [-0.05, 0) is 43.0 Å². The first kappa shape index (κ1) is 13.5. The smallest absolute Gasteiger partial charge is 0.0718 e. The molecule has 1 heterocycles. The van der Waals surface area contributed by atoms with E-state index < -0.39 is 0 Å². The fraction of sp³-hybridized carbons (Fsp3) is 0.600. The van der Waals surface area contributed by atoms with Gasteiger partial charge in [0.25, 0.3) is 0 Å². The van der Waals surface area contributed by atoms with Crippen molar-refractivity contribution in [3.05, 3.63) is 35.4 Å². The summed E-state index contributed by atoms with van der Waals surface area (Å²) in [6, 6.07) is 8.82. The summed E-state index contributed by atoms with van der Waals surface area (Å²) >= 11 is 0. The van der Waals surface area contributed by atoms with Gasteiger partial charge in [-0.1, -0.05) is 24.3 Å². The number of methoxy groups -OCH3 is 1. The minimum absolute atomic E-state index is 0.661. The number of ether oxygens (including phenoxy) is 2. The first-order valence-corrected chi connectivity index (χ1v) is 6.76. The van der Waals surface area contributed by atoms with Crippen LogP contribution in [0, 0.1) is 0 Å². The molecule has 0 aromatic heterocycles. The van der Waals surface area contributed by atoms with E-state index in [1.807, 2.05) is 0 Å². The molecule has 1 aliphatic heterocycles. The summed E-state index contributed by atoms with van der Waals surface area (Å²) in [5.41, 5.74) is 2.73. The predicted molar refractivity (Wildman–Crippen MR) is 72.8 cm³/mol. The Kier molecular flexibility index (Phi) is 5.65. The maximum absolute atomic E-state index is 5.57. The number of hydrogen-bond donors (Lipinski definition) is 1. The topological polar surface area (TPSA) is 30.5 Å². The minimum atomic E-state index is 0.661. The summed E-state index contributed by atoms with van der Waals surface area (Å²) in [7, 11) is 1.70. The van der Waals surface area contributed by atoms with Gasteiger partial charge >= 0.3 is 0 Å². The maximum atomic E-state index is 5.57. The Morgan fingerprint density at radius 3 is 2.83 bits per heavy atom. The molecule has 3 nitrogen and oxygen atoms in total. The molecule has 1 aromatic rings. The van der Waals surface area contributed by atoms with Crippen LogP contribution in [-0.2, 0) is 16.1 Å². The third-order valence-corrected chi connectivity index (χ3v) is 3.46. The minimum Gasteiger partial charge on any atom is -0.382 e. The lowest BCUT2D eigenvalue weighted by molar-refractivity contribution is 0.0616. The van der Waals surface area contributed by atoms with Crippen molar-refractivity contribution in [2.24, 2.45) is 0 Å². The SMILES string of the molecule is COCCOCc1cccc(C2CCNCC2)c1. The average Bonchev–Trinajstić information content (AvgIpc) is 2.45. The highest BCUT2D eigenvalue weighted by atomic mass is 16.5. The monoisotopic (exact) mass is 249 g/mol. The van der Waals surface area contributed by atoms with Gasteiger partial charge in [-0.25, -0.2) is 0 Å². The molecule has 0 bridgehead atoms. The van der Waals surface area contributed by atoms with Crippen molar-refractivity contribution in [1.82, 2.24) is 5.32 Å². The summed E-state index contributed by atoms with van der Waals surface area (Å²) in [6.45, 7) is 4.28. The van der Waals surface area contributed by atoms with Crippen molar-refractivity contribution in [3.8, 4) is 0 Å². The van der Waals surface area contributed by atoms with Crippen LogP contribution in [0.3, 0.4) is 0 Å². The molecule has 18 heavy (non-hydrogen) atoms. The quantitative estimate of drug-likeness (QED) is 0.785. The van der Waals surface area contributed by atoms with Crippen LogP contribution in [0.2, 0.25) is 0 Å².